The van der Waals surface area contributed by atoms with Gasteiger partial charge in [0.1, 0.15) is 23.9 Å². The fraction of sp³-hybridized carbons (Fsp3) is 0.366. The lowest BCUT2D eigenvalue weighted by Crippen LogP contribution is -2.45. The van der Waals surface area contributed by atoms with E-state index in [-0.39, 0.29) is 36.3 Å². The van der Waals surface area contributed by atoms with Crippen LogP contribution in [0.3, 0.4) is 0 Å². The Morgan fingerprint density at radius 3 is 2.12 bits per heavy atom. The molecule has 1 aliphatic carbocycles. The van der Waals surface area contributed by atoms with E-state index in [1.165, 1.54) is 11.0 Å². The molecule has 0 bridgehead atoms. The van der Waals surface area contributed by atoms with Gasteiger partial charge >= 0.3 is 11.9 Å². The lowest BCUT2D eigenvalue weighted by Gasteiger charge is -2.31. The highest BCUT2D eigenvalue weighted by molar-refractivity contribution is 5.95. The third kappa shape index (κ3) is 9.41. The molecular formula is C41H46N2O9. The van der Waals surface area contributed by atoms with Crippen molar-refractivity contribution in [3.8, 4) is 0 Å². The number of aliphatic hydroxyl groups is 1. The van der Waals surface area contributed by atoms with Crippen molar-refractivity contribution >= 4 is 29.8 Å². The zero-order chi connectivity index (χ0) is 37.5. The van der Waals surface area contributed by atoms with Crippen LogP contribution in [0.1, 0.15) is 67.1 Å². The molecular weight excluding hydrogens is 664 g/mol. The molecule has 3 aromatic rings. The third-order valence-corrected chi connectivity index (χ3v) is 8.62. The predicted octanol–water partition coefficient (Wildman–Crippen LogP) is 4.93. The van der Waals surface area contributed by atoms with Crippen LogP contribution in [0.15, 0.2) is 103 Å². The minimum absolute atomic E-state index is 0.000553. The summed E-state index contributed by atoms with van der Waals surface area (Å²) in [4.78, 5) is 53.1. The van der Waals surface area contributed by atoms with Gasteiger partial charge in [0.15, 0.2) is 0 Å². The second-order valence-corrected chi connectivity index (χ2v) is 14.0. The molecule has 274 valence electrons. The summed E-state index contributed by atoms with van der Waals surface area (Å²) in [6.45, 7) is 4.91. The molecule has 1 heterocycles. The monoisotopic (exact) mass is 710 g/mol. The number of likely N-dealkylation sites (N-methyl/N-ethyl adjacent to an activating group) is 1. The Morgan fingerprint density at radius 2 is 1.56 bits per heavy atom. The van der Waals surface area contributed by atoms with Crippen LogP contribution in [0.5, 0.6) is 0 Å². The zero-order valence-corrected chi connectivity index (χ0v) is 30.1. The van der Waals surface area contributed by atoms with Crippen LogP contribution in [-0.4, -0.2) is 84.4 Å². The lowest BCUT2D eigenvalue weighted by molar-refractivity contribution is -0.157. The van der Waals surface area contributed by atoms with Gasteiger partial charge in [0.2, 0.25) is 17.6 Å². The highest BCUT2D eigenvalue weighted by atomic mass is 16.8. The highest BCUT2D eigenvalue weighted by Crippen LogP contribution is 2.47. The van der Waals surface area contributed by atoms with Gasteiger partial charge in [0, 0.05) is 49.7 Å². The number of hydrogen-bond donors (Lipinski definition) is 2. The molecule has 2 aliphatic rings. The molecule has 0 aromatic heterocycles. The Labute approximate surface area is 304 Å². The van der Waals surface area contributed by atoms with Crippen molar-refractivity contribution in [1.82, 2.24) is 10.2 Å². The number of fused-ring (bicyclic) bond motifs is 1. The fourth-order valence-electron chi connectivity index (χ4n) is 6.02. The zero-order valence-electron chi connectivity index (χ0n) is 30.1. The predicted molar refractivity (Wildman–Crippen MR) is 194 cm³/mol. The van der Waals surface area contributed by atoms with Crippen LogP contribution in [0.4, 0.5) is 0 Å². The SMILES string of the molecule is CN(C)C(=O)C=Cc1ccc(C(=O)O[C@@H]2CC(C(=O)N[C@H](CO)CCC(=O)OC(C)(C)C)=C[C@H]3OC(c4ccccc4)(c4ccccc4)O[C@H]32)cc1. The number of benzene rings is 3. The number of hydrogen-bond acceptors (Lipinski definition) is 9. The lowest BCUT2D eigenvalue weighted by atomic mass is 9.91. The molecule has 11 heteroatoms. The average Bonchev–Trinajstić information content (AvgIpc) is 3.54. The first-order chi connectivity index (χ1) is 24.8. The summed E-state index contributed by atoms with van der Waals surface area (Å²) < 4.78 is 25.0. The van der Waals surface area contributed by atoms with Crippen molar-refractivity contribution in [2.45, 2.75) is 75.8 Å². The molecule has 1 saturated heterocycles. The van der Waals surface area contributed by atoms with Crippen molar-refractivity contribution < 1.29 is 43.2 Å². The molecule has 1 aliphatic heterocycles. The van der Waals surface area contributed by atoms with E-state index in [0.717, 1.165) is 16.7 Å². The summed E-state index contributed by atoms with van der Waals surface area (Å²) in [5.41, 5.74) is 2.06. The third-order valence-electron chi connectivity index (χ3n) is 8.62. The van der Waals surface area contributed by atoms with E-state index in [4.69, 9.17) is 18.9 Å². The maximum absolute atomic E-state index is 13.7. The van der Waals surface area contributed by atoms with Gasteiger partial charge < -0.3 is 34.3 Å². The van der Waals surface area contributed by atoms with Gasteiger partial charge in [-0.2, -0.15) is 0 Å². The molecule has 0 saturated carbocycles. The maximum atomic E-state index is 13.7. The summed E-state index contributed by atoms with van der Waals surface area (Å²) in [6.07, 6.45) is 2.40. The standard InChI is InChI=1S/C41H46N2O9/c1-40(2,3)51-36(46)23-21-32(26-44)42-38(47)29-24-33(49-39(48)28-19-16-27(17-20-28)18-22-35(45)43(4)5)37-34(25-29)50-41(52-37,30-12-8-6-9-13-30)31-14-10-7-11-15-31/h6-20,22,25,32-34,37,44H,21,23-24,26H2,1-5H3,(H,42,47)/t32-,33+,34+,37-/m0/s1. The van der Waals surface area contributed by atoms with Gasteiger partial charge in [-0.3, -0.25) is 14.4 Å². The van der Waals surface area contributed by atoms with E-state index < -0.39 is 60.2 Å². The molecule has 2 amide bonds. The normalized spacial score (nSPS) is 20.0. The van der Waals surface area contributed by atoms with Crippen LogP contribution in [0.2, 0.25) is 0 Å². The number of esters is 2. The second-order valence-electron chi connectivity index (χ2n) is 14.0. The van der Waals surface area contributed by atoms with Crippen molar-refractivity contribution in [3.63, 3.8) is 0 Å². The molecule has 52 heavy (non-hydrogen) atoms. The van der Waals surface area contributed by atoms with E-state index in [0.29, 0.717) is 0 Å². The fourth-order valence-corrected chi connectivity index (χ4v) is 6.02. The maximum Gasteiger partial charge on any atom is 0.338 e. The highest BCUT2D eigenvalue weighted by Gasteiger charge is 2.55. The Hall–Kier alpha value is -5.10. The molecule has 11 nitrogen and oxygen atoms in total. The van der Waals surface area contributed by atoms with Gasteiger partial charge in [-0.15, -0.1) is 0 Å². The molecule has 1 fully saturated rings. The molecule has 0 spiro atoms. The quantitative estimate of drug-likeness (QED) is 0.198. The Morgan fingerprint density at radius 1 is 0.942 bits per heavy atom. The summed E-state index contributed by atoms with van der Waals surface area (Å²) in [7, 11) is 3.32. The first-order valence-corrected chi connectivity index (χ1v) is 17.3. The summed E-state index contributed by atoms with van der Waals surface area (Å²) in [5, 5.41) is 12.9. The molecule has 3 aromatic carbocycles. The topological polar surface area (TPSA) is 141 Å². The number of carbonyl (C=O) groups excluding carboxylic acids is 4. The van der Waals surface area contributed by atoms with E-state index in [1.54, 1.807) is 71.3 Å². The minimum atomic E-state index is -1.37. The van der Waals surface area contributed by atoms with Gasteiger partial charge in [-0.05, 0) is 57.0 Å². The van der Waals surface area contributed by atoms with E-state index >= 15 is 0 Å². The van der Waals surface area contributed by atoms with Crippen molar-refractivity contribution in [2.75, 3.05) is 20.7 Å². The summed E-state index contributed by atoms with van der Waals surface area (Å²) in [6, 6.07) is 24.7. The molecule has 0 radical (unpaired) electrons. The van der Waals surface area contributed by atoms with Crippen LogP contribution in [0.25, 0.3) is 6.08 Å². The van der Waals surface area contributed by atoms with Gasteiger partial charge in [0.25, 0.3) is 0 Å². The largest absolute Gasteiger partial charge is 0.460 e. The minimum Gasteiger partial charge on any atom is -0.460 e. The number of amides is 2. The van der Waals surface area contributed by atoms with E-state index in [2.05, 4.69) is 5.32 Å². The van der Waals surface area contributed by atoms with Gasteiger partial charge in [-0.25, -0.2) is 4.79 Å². The smallest absolute Gasteiger partial charge is 0.338 e. The van der Waals surface area contributed by atoms with E-state index in [9.17, 15) is 24.3 Å². The first-order valence-electron chi connectivity index (χ1n) is 17.3. The number of nitrogens with one attached hydrogen (secondary N) is 1. The number of rotatable bonds is 12. The number of nitrogens with zero attached hydrogens (tertiary/aromatic N) is 1. The van der Waals surface area contributed by atoms with Crippen LogP contribution >= 0.6 is 0 Å². The summed E-state index contributed by atoms with van der Waals surface area (Å²) >= 11 is 0. The number of aliphatic hydroxyl groups excluding tert-OH is 1. The van der Waals surface area contributed by atoms with Crippen molar-refractivity contribution in [3.05, 3.63) is 125 Å². The summed E-state index contributed by atoms with van der Waals surface area (Å²) in [5.74, 6) is -3.10. The van der Waals surface area contributed by atoms with Crippen molar-refractivity contribution in [1.29, 1.82) is 0 Å². The van der Waals surface area contributed by atoms with Gasteiger partial charge in [0.05, 0.1) is 18.2 Å². The van der Waals surface area contributed by atoms with Crippen LogP contribution in [-0.2, 0) is 39.1 Å². The Bertz CT molecular complexity index is 1740. The molecule has 5 rings (SSSR count). The molecule has 4 atom stereocenters. The molecule has 2 N–H and O–H groups in total. The molecule has 0 unspecified atom stereocenters. The number of ether oxygens (including phenoxy) is 4. The Balaban J connectivity index is 1.41. The first kappa shape index (κ1) is 38.1. The van der Waals surface area contributed by atoms with Gasteiger partial charge in [-0.1, -0.05) is 72.8 Å². The van der Waals surface area contributed by atoms with Crippen molar-refractivity contribution in [2.24, 2.45) is 0 Å². The number of carbonyl (C=O) groups is 4. The Kier molecular flexibility index (Phi) is 12.1. The second kappa shape index (κ2) is 16.5. The van der Waals surface area contributed by atoms with Crippen LogP contribution < -0.4 is 5.32 Å². The van der Waals surface area contributed by atoms with Crippen LogP contribution in [0, 0.1) is 0 Å². The average molecular weight is 711 g/mol. The van der Waals surface area contributed by atoms with E-state index in [1.807, 2.05) is 60.7 Å².